The summed E-state index contributed by atoms with van der Waals surface area (Å²) in [6, 6.07) is 12.8. The number of carbonyl (C=O) groups excluding carboxylic acids is 1. The van der Waals surface area contributed by atoms with Crippen molar-refractivity contribution in [3.05, 3.63) is 53.7 Å². The zero-order chi connectivity index (χ0) is 17.1. The van der Waals surface area contributed by atoms with E-state index >= 15 is 0 Å². The summed E-state index contributed by atoms with van der Waals surface area (Å²) >= 11 is 5.98. The third kappa shape index (κ3) is 3.31. The first-order chi connectivity index (χ1) is 11.6. The van der Waals surface area contributed by atoms with Crippen molar-refractivity contribution >= 4 is 34.1 Å². The predicted molar refractivity (Wildman–Crippen MR) is 95.1 cm³/mol. The number of fused-ring (bicyclic) bond motifs is 1. The molecule has 5 nitrogen and oxygen atoms in total. The smallest absolute Gasteiger partial charge is 0.244 e. The first-order valence-electron chi connectivity index (χ1n) is 7.37. The van der Waals surface area contributed by atoms with E-state index in [-0.39, 0.29) is 12.5 Å². The van der Waals surface area contributed by atoms with E-state index in [1.807, 2.05) is 35.0 Å². The Kier molecular flexibility index (Phi) is 4.62. The highest BCUT2D eigenvalue weighted by Crippen LogP contribution is 2.29. The fourth-order valence-electron chi connectivity index (χ4n) is 2.58. The van der Waals surface area contributed by atoms with Gasteiger partial charge in [0.2, 0.25) is 5.91 Å². The van der Waals surface area contributed by atoms with E-state index in [1.165, 1.54) is 0 Å². The maximum absolute atomic E-state index is 12.3. The van der Waals surface area contributed by atoms with Crippen molar-refractivity contribution in [3.63, 3.8) is 0 Å². The fraction of sp³-hybridized carbons (Fsp3) is 0.167. The number of benzene rings is 2. The van der Waals surface area contributed by atoms with Crippen LogP contribution in [0, 0.1) is 0 Å². The lowest BCUT2D eigenvalue weighted by Crippen LogP contribution is -2.18. The summed E-state index contributed by atoms with van der Waals surface area (Å²) in [6.45, 7) is 0.208. The van der Waals surface area contributed by atoms with Gasteiger partial charge in [-0.15, -0.1) is 0 Å². The van der Waals surface area contributed by atoms with Gasteiger partial charge in [0.25, 0.3) is 0 Å². The SMILES string of the molecule is COc1ccc(NC(=O)Cn2ccc3cc(Cl)ccc32)cc1OC. The largest absolute Gasteiger partial charge is 0.493 e. The van der Waals surface area contributed by atoms with Crippen LogP contribution in [0.2, 0.25) is 5.02 Å². The average molecular weight is 345 g/mol. The van der Waals surface area contributed by atoms with Crippen molar-refractivity contribution < 1.29 is 14.3 Å². The zero-order valence-electron chi connectivity index (χ0n) is 13.4. The van der Waals surface area contributed by atoms with E-state index in [0.717, 1.165) is 10.9 Å². The van der Waals surface area contributed by atoms with Crippen LogP contribution in [0.4, 0.5) is 5.69 Å². The molecule has 1 aromatic heterocycles. The van der Waals surface area contributed by atoms with Crippen LogP contribution in [0.5, 0.6) is 11.5 Å². The molecule has 0 bridgehead atoms. The van der Waals surface area contributed by atoms with Crippen molar-refractivity contribution in [1.82, 2.24) is 4.57 Å². The van der Waals surface area contributed by atoms with Gasteiger partial charge in [-0.1, -0.05) is 11.6 Å². The molecule has 0 atom stereocenters. The fourth-order valence-corrected chi connectivity index (χ4v) is 2.76. The first-order valence-corrected chi connectivity index (χ1v) is 7.75. The molecule has 3 aromatic rings. The molecule has 0 fully saturated rings. The van der Waals surface area contributed by atoms with Crippen LogP contribution in [0.25, 0.3) is 10.9 Å². The maximum Gasteiger partial charge on any atom is 0.244 e. The molecule has 1 N–H and O–H groups in total. The standard InChI is InChI=1S/C18H17ClN2O3/c1-23-16-6-4-14(10-17(16)24-2)20-18(22)11-21-8-7-12-9-13(19)3-5-15(12)21/h3-10H,11H2,1-2H3,(H,20,22). The summed E-state index contributed by atoms with van der Waals surface area (Å²) in [5.41, 5.74) is 1.61. The van der Waals surface area contributed by atoms with Crippen molar-refractivity contribution in [2.45, 2.75) is 6.54 Å². The number of aromatic nitrogens is 1. The number of halogens is 1. The Bertz CT molecular complexity index is 889. The molecule has 0 saturated carbocycles. The maximum atomic E-state index is 12.3. The van der Waals surface area contributed by atoms with E-state index in [9.17, 15) is 4.79 Å². The Hall–Kier alpha value is -2.66. The van der Waals surface area contributed by atoms with Crippen LogP contribution in [0.3, 0.4) is 0 Å². The number of carbonyl (C=O) groups is 1. The number of ether oxygens (including phenoxy) is 2. The minimum atomic E-state index is -0.130. The van der Waals surface area contributed by atoms with Crippen LogP contribution >= 0.6 is 11.6 Å². The quantitative estimate of drug-likeness (QED) is 0.762. The Labute approximate surface area is 144 Å². The highest BCUT2D eigenvalue weighted by molar-refractivity contribution is 6.31. The van der Waals surface area contributed by atoms with E-state index in [1.54, 1.807) is 32.4 Å². The van der Waals surface area contributed by atoms with Crippen molar-refractivity contribution in [2.75, 3.05) is 19.5 Å². The number of hydrogen-bond donors (Lipinski definition) is 1. The van der Waals surface area contributed by atoms with Crippen LogP contribution in [-0.2, 0) is 11.3 Å². The van der Waals surface area contributed by atoms with Gasteiger partial charge in [-0.2, -0.15) is 0 Å². The summed E-state index contributed by atoms with van der Waals surface area (Å²) in [5, 5.41) is 4.54. The molecule has 0 aliphatic heterocycles. The number of rotatable bonds is 5. The highest BCUT2D eigenvalue weighted by atomic mass is 35.5. The second kappa shape index (κ2) is 6.84. The lowest BCUT2D eigenvalue weighted by atomic mass is 10.2. The van der Waals surface area contributed by atoms with Gasteiger partial charge >= 0.3 is 0 Å². The van der Waals surface area contributed by atoms with Gasteiger partial charge < -0.3 is 19.4 Å². The third-order valence-electron chi connectivity index (χ3n) is 3.71. The molecule has 3 rings (SSSR count). The minimum Gasteiger partial charge on any atom is -0.493 e. The molecule has 24 heavy (non-hydrogen) atoms. The van der Waals surface area contributed by atoms with Crippen LogP contribution < -0.4 is 14.8 Å². The minimum absolute atomic E-state index is 0.130. The van der Waals surface area contributed by atoms with E-state index in [4.69, 9.17) is 21.1 Å². The van der Waals surface area contributed by atoms with Gasteiger partial charge in [-0.25, -0.2) is 0 Å². The second-order valence-electron chi connectivity index (χ2n) is 5.26. The first kappa shape index (κ1) is 16.2. The van der Waals surface area contributed by atoms with Crippen LogP contribution in [-0.4, -0.2) is 24.7 Å². The summed E-state index contributed by atoms with van der Waals surface area (Å²) in [5.74, 6) is 1.05. The molecule has 0 spiro atoms. The Balaban J connectivity index is 1.75. The van der Waals surface area contributed by atoms with E-state index in [2.05, 4.69) is 5.32 Å². The lowest BCUT2D eigenvalue weighted by molar-refractivity contribution is -0.116. The monoisotopic (exact) mass is 344 g/mol. The van der Waals surface area contributed by atoms with E-state index < -0.39 is 0 Å². The number of anilines is 1. The molecule has 0 unspecified atom stereocenters. The van der Waals surface area contributed by atoms with Crippen LogP contribution in [0.1, 0.15) is 0 Å². The number of nitrogens with one attached hydrogen (secondary N) is 1. The van der Waals surface area contributed by atoms with E-state index in [0.29, 0.717) is 22.2 Å². The Morgan fingerprint density at radius 3 is 2.62 bits per heavy atom. The zero-order valence-corrected chi connectivity index (χ0v) is 14.1. The van der Waals surface area contributed by atoms with Crippen molar-refractivity contribution in [1.29, 1.82) is 0 Å². The molecule has 0 aliphatic carbocycles. The Morgan fingerprint density at radius 2 is 1.88 bits per heavy atom. The van der Waals surface area contributed by atoms with Gasteiger partial charge in [0.15, 0.2) is 11.5 Å². The second-order valence-corrected chi connectivity index (χ2v) is 5.70. The summed E-state index contributed by atoms with van der Waals surface area (Å²) in [4.78, 5) is 12.3. The molecular formula is C18H17ClN2O3. The molecule has 124 valence electrons. The summed E-state index contributed by atoms with van der Waals surface area (Å²) in [7, 11) is 3.13. The van der Waals surface area contributed by atoms with Gasteiger partial charge in [0.05, 0.1) is 14.2 Å². The molecule has 0 saturated heterocycles. The molecule has 0 radical (unpaired) electrons. The topological polar surface area (TPSA) is 52.5 Å². The normalized spacial score (nSPS) is 10.6. The van der Waals surface area contributed by atoms with Crippen molar-refractivity contribution in [3.8, 4) is 11.5 Å². The summed E-state index contributed by atoms with van der Waals surface area (Å²) in [6.07, 6.45) is 1.87. The van der Waals surface area contributed by atoms with Gasteiger partial charge in [0.1, 0.15) is 6.54 Å². The number of amides is 1. The van der Waals surface area contributed by atoms with Gasteiger partial charge in [-0.3, -0.25) is 4.79 Å². The third-order valence-corrected chi connectivity index (χ3v) is 3.95. The van der Waals surface area contributed by atoms with Gasteiger partial charge in [0, 0.05) is 33.9 Å². The molecule has 1 amide bonds. The summed E-state index contributed by atoms with van der Waals surface area (Å²) < 4.78 is 12.3. The molecule has 6 heteroatoms. The van der Waals surface area contributed by atoms with Gasteiger partial charge in [-0.05, 0) is 36.4 Å². The number of methoxy groups -OCH3 is 2. The highest BCUT2D eigenvalue weighted by Gasteiger charge is 2.09. The predicted octanol–water partition coefficient (Wildman–Crippen LogP) is 3.95. The molecular weight excluding hydrogens is 328 g/mol. The number of hydrogen-bond acceptors (Lipinski definition) is 3. The van der Waals surface area contributed by atoms with Crippen molar-refractivity contribution in [2.24, 2.45) is 0 Å². The number of nitrogens with zero attached hydrogens (tertiary/aromatic N) is 1. The Morgan fingerprint density at radius 1 is 1.08 bits per heavy atom. The molecule has 1 heterocycles. The molecule has 2 aromatic carbocycles. The van der Waals surface area contributed by atoms with Crippen LogP contribution in [0.15, 0.2) is 48.7 Å². The molecule has 0 aliphatic rings. The average Bonchev–Trinajstić information content (AvgIpc) is 2.96. The lowest BCUT2D eigenvalue weighted by Gasteiger charge is -2.11.